The zero-order valence-electron chi connectivity index (χ0n) is 5.61. The molecule has 0 saturated heterocycles. The van der Waals surface area contributed by atoms with Gasteiger partial charge in [0.05, 0.1) is 5.69 Å². The lowest BCUT2D eigenvalue weighted by Gasteiger charge is -1.99. The molecule has 0 amide bonds. The Hall–Kier alpha value is -0.960. The van der Waals surface area contributed by atoms with Crippen LogP contribution >= 0.6 is 11.6 Å². The zero-order chi connectivity index (χ0) is 7.56. The summed E-state index contributed by atoms with van der Waals surface area (Å²) >= 11 is 5.67. The largest absolute Gasteiger partial charge is 0.391 e. The normalized spacial score (nSPS) is 9.40. The number of nitrogen functional groups attached to an aromatic ring is 1. The lowest BCUT2D eigenvalue weighted by atomic mass is 10.3. The second kappa shape index (κ2) is 2.75. The fourth-order valence-electron chi connectivity index (χ4n) is 0.702. The number of pyridine rings is 1. The van der Waals surface area contributed by atoms with Gasteiger partial charge in [-0.15, -0.1) is 0 Å². The van der Waals surface area contributed by atoms with Crippen molar-refractivity contribution in [1.82, 2.24) is 0 Å². The molecule has 0 aromatic carbocycles. The summed E-state index contributed by atoms with van der Waals surface area (Å²) in [5.41, 5.74) is 6.95. The van der Waals surface area contributed by atoms with Crippen molar-refractivity contribution in [2.24, 2.45) is 0 Å². The maximum Gasteiger partial charge on any atom is 0.298 e. The first kappa shape index (κ1) is 7.15. The summed E-state index contributed by atoms with van der Waals surface area (Å²) < 4.78 is 0. The molecule has 0 fully saturated rings. The third-order valence-corrected chi connectivity index (χ3v) is 1.57. The second-order valence-corrected chi connectivity index (χ2v) is 2.25. The molecule has 1 rings (SSSR count). The lowest BCUT2D eigenvalue weighted by molar-refractivity contribution is -0.374. The van der Waals surface area contributed by atoms with Crippen LogP contribution in [0, 0.1) is 0 Å². The summed E-state index contributed by atoms with van der Waals surface area (Å²) in [4.78, 5) is 2.77. The molecule has 10 heavy (non-hydrogen) atoms. The molecule has 0 atom stereocenters. The number of rotatable bonds is 1. The zero-order valence-corrected chi connectivity index (χ0v) is 6.37. The highest BCUT2D eigenvalue weighted by Gasteiger charge is 2.05. The number of anilines is 2. The number of aromatic amines is 1. The van der Waals surface area contributed by atoms with Crippen molar-refractivity contribution in [3.63, 3.8) is 0 Å². The Morgan fingerprint density at radius 3 is 2.90 bits per heavy atom. The third-order valence-electron chi connectivity index (χ3n) is 1.26. The van der Waals surface area contributed by atoms with Crippen LogP contribution in [-0.2, 0) is 0 Å². The molecule has 0 aliphatic carbocycles. The Morgan fingerprint density at radius 2 is 2.40 bits per heavy atom. The van der Waals surface area contributed by atoms with E-state index in [2.05, 4.69) is 10.3 Å². The van der Waals surface area contributed by atoms with Gasteiger partial charge in [-0.3, -0.25) is 0 Å². The molecule has 0 aliphatic rings. The first-order chi connectivity index (χ1) is 4.75. The number of nitrogens with two attached hydrogens (primary N) is 1. The van der Waals surface area contributed by atoms with Crippen molar-refractivity contribution < 1.29 is 4.98 Å². The minimum absolute atomic E-state index is 0.465. The number of nitrogens with one attached hydrogen (secondary N) is 2. The number of aromatic nitrogens is 1. The second-order valence-electron chi connectivity index (χ2n) is 1.87. The van der Waals surface area contributed by atoms with Crippen molar-refractivity contribution in [3.8, 4) is 0 Å². The minimum atomic E-state index is 0.465. The highest BCUT2D eigenvalue weighted by Crippen LogP contribution is 2.20. The molecule has 0 unspecified atom stereocenters. The highest BCUT2D eigenvalue weighted by atomic mass is 35.5. The van der Waals surface area contributed by atoms with Crippen LogP contribution in [0.25, 0.3) is 0 Å². The molecule has 4 heteroatoms. The SMILES string of the molecule is CNc1cc[nH+]c(Cl)c1N. The standard InChI is InChI=1S/C6H8ClN3/c1-9-4-2-3-10-6(7)5(4)8/h2-3H,8H2,1H3,(H,9,10)/p+1. The van der Waals surface area contributed by atoms with E-state index >= 15 is 0 Å². The number of H-pyrrole nitrogens is 1. The number of hydrogen-bond acceptors (Lipinski definition) is 2. The van der Waals surface area contributed by atoms with Gasteiger partial charge in [0.1, 0.15) is 5.69 Å². The Morgan fingerprint density at radius 1 is 1.70 bits per heavy atom. The van der Waals surface area contributed by atoms with Crippen LogP contribution in [0.15, 0.2) is 12.3 Å². The van der Waals surface area contributed by atoms with Gasteiger partial charge in [0.2, 0.25) is 0 Å². The fourth-order valence-corrected chi connectivity index (χ4v) is 0.867. The van der Waals surface area contributed by atoms with Crippen LogP contribution < -0.4 is 16.0 Å². The van der Waals surface area contributed by atoms with Crippen LogP contribution in [0.2, 0.25) is 5.15 Å². The van der Waals surface area contributed by atoms with Crippen LogP contribution in [0.1, 0.15) is 0 Å². The molecule has 4 N–H and O–H groups in total. The minimum Gasteiger partial charge on any atom is -0.391 e. The maximum atomic E-state index is 5.67. The van der Waals surface area contributed by atoms with Crippen LogP contribution in [-0.4, -0.2) is 7.05 Å². The summed E-state index contributed by atoms with van der Waals surface area (Å²) in [6.45, 7) is 0. The van der Waals surface area contributed by atoms with Crippen molar-refractivity contribution in [3.05, 3.63) is 17.4 Å². The summed E-state index contributed by atoms with van der Waals surface area (Å²) in [7, 11) is 1.79. The third kappa shape index (κ3) is 1.14. The van der Waals surface area contributed by atoms with Crippen LogP contribution in [0.4, 0.5) is 11.4 Å². The van der Waals surface area contributed by atoms with Gasteiger partial charge in [0.25, 0.3) is 5.15 Å². The van der Waals surface area contributed by atoms with Gasteiger partial charge in [-0.25, -0.2) is 0 Å². The van der Waals surface area contributed by atoms with E-state index < -0.39 is 0 Å². The molecule has 0 radical (unpaired) electrons. The molecule has 1 aromatic rings. The Kier molecular flexibility index (Phi) is 1.97. The number of halogens is 1. The van der Waals surface area contributed by atoms with Gasteiger partial charge in [-0.2, -0.15) is 4.98 Å². The maximum absolute atomic E-state index is 5.67. The molecule has 0 bridgehead atoms. The topological polar surface area (TPSA) is 52.2 Å². The van der Waals surface area contributed by atoms with E-state index in [0.29, 0.717) is 10.8 Å². The first-order valence-electron chi connectivity index (χ1n) is 2.89. The van der Waals surface area contributed by atoms with Gasteiger partial charge in [0, 0.05) is 13.1 Å². The van der Waals surface area contributed by atoms with E-state index in [-0.39, 0.29) is 0 Å². The molecule has 1 heterocycles. The molecule has 3 nitrogen and oxygen atoms in total. The predicted molar refractivity (Wildman–Crippen MR) is 42.0 cm³/mol. The molecular weight excluding hydrogens is 150 g/mol. The molecule has 1 aromatic heterocycles. The molecule has 0 spiro atoms. The number of hydrogen-bond donors (Lipinski definition) is 2. The van der Waals surface area contributed by atoms with Gasteiger partial charge >= 0.3 is 0 Å². The summed E-state index contributed by atoms with van der Waals surface area (Å²) in [6, 6.07) is 1.82. The van der Waals surface area contributed by atoms with Crippen LogP contribution in [0.5, 0.6) is 0 Å². The average Bonchev–Trinajstić information content (AvgIpc) is 1.95. The average molecular weight is 159 g/mol. The van der Waals surface area contributed by atoms with Gasteiger partial charge in [-0.05, 0) is 11.6 Å². The Bertz CT molecular complexity index is 236. The Labute approximate surface area is 64.2 Å². The summed E-state index contributed by atoms with van der Waals surface area (Å²) in [6.07, 6.45) is 1.73. The predicted octanol–water partition coefficient (Wildman–Crippen LogP) is 0.778. The monoisotopic (exact) mass is 158 g/mol. The van der Waals surface area contributed by atoms with E-state index in [9.17, 15) is 0 Å². The fraction of sp³-hybridized carbons (Fsp3) is 0.167. The van der Waals surface area contributed by atoms with E-state index in [0.717, 1.165) is 5.69 Å². The van der Waals surface area contributed by atoms with E-state index in [1.54, 1.807) is 13.2 Å². The van der Waals surface area contributed by atoms with E-state index in [4.69, 9.17) is 17.3 Å². The van der Waals surface area contributed by atoms with Crippen molar-refractivity contribution in [2.45, 2.75) is 0 Å². The van der Waals surface area contributed by atoms with Crippen molar-refractivity contribution >= 4 is 23.0 Å². The van der Waals surface area contributed by atoms with Gasteiger partial charge < -0.3 is 11.1 Å². The summed E-state index contributed by atoms with van der Waals surface area (Å²) in [5.74, 6) is 0. The molecule has 0 saturated carbocycles. The smallest absolute Gasteiger partial charge is 0.298 e. The summed E-state index contributed by atoms with van der Waals surface area (Å²) in [5, 5.41) is 3.37. The molecule has 0 aliphatic heterocycles. The van der Waals surface area contributed by atoms with E-state index in [1.165, 1.54) is 0 Å². The molecular formula is C6H9ClN3+. The first-order valence-corrected chi connectivity index (χ1v) is 3.27. The van der Waals surface area contributed by atoms with Gasteiger partial charge in [0.15, 0.2) is 6.20 Å². The quantitative estimate of drug-likeness (QED) is 0.594. The van der Waals surface area contributed by atoms with Crippen molar-refractivity contribution in [1.29, 1.82) is 0 Å². The van der Waals surface area contributed by atoms with Gasteiger partial charge in [-0.1, -0.05) is 0 Å². The van der Waals surface area contributed by atoms with E-state index in [1.807, 2.05) is 6.07 Å². The van der Waals surface area contributed by atoms with Crippen LogP contribution in [0.3, 0.4) is 0 Å². The Balaban J connectivity index is 3.14. The lowest BCUT2D eigenvalue weighted by Crippen LogP contribution is -2.07. The highest BCUT2D eigenvalue weighted by molar-refractivity contribution is 6.31. The molecule has 54 valence electrons. The van der Waals surface area contributed by atoms with Crippen molar-refractivity contribution in [2.75, 3.05) is 18.1 Å².